The summed E-state index contributed by atoms with van der Waals surface area (Å²) in [4.78, 5) is 35.2. The van der Waals surface area contributed by atoms with Gasteiger partial charge in [0.2, 0.25) is 5.91 Å². The molecular formula is C26H25F3N4O5. The van der Waals surface area contributed by atoms with Crippen LogP contribution < -0.4 is 10.1 Å². The summed E-state index contributed by atoms with van der Waals surface area (Å²) in [6, 6.07) is 14.9. The van der Waals surface area contributed by atoms with Crippen molar-refractivity contribution in [1.82, 2.24) is 20.2 Å². The molecule has 1 unspecified atom stereocenters. The Morgan fingerprint density at radius 3 is 2.53 bits per heavy atom. The second kappa shape index (κ2) is 11.1. The first-order valence-corrected chi connectivity index (χ1v) is 11.6. The number of alkyl halides is 3. The lowest BCUT2D eigenvalue weighted by molar-refractivity contribution is -0.274. The first kappa shape index (κ1) is 26.9. The number of aliphatic hydroxyl groups is 1. The fourth-order valence-electron chi connectivity index (χ4n) is 4.07. The predicted octanol–water partition coefficient (Wildman–Crippen LogP) is 3.82. The van der Waals surface area contributed by atoms with E-state index in [1.807, 2.05) is 18.2 Å². The second-order valence-electron chi connectivity index (χ2n) is 9.07. The average molecular weight is 531 g/mol. The van der Waals surface area contributed by atoms with E-state index in [1.54, 1.807) is 25.1 Å². The summed E-state index contributed by atoms with van der Waals surface area (Å²) in [6.07, 6.45) is -4.21. The predicted molar refractivity (Wildman–Crippen MR) is 128 cm³/mol. The third-order valence-electron chi connectivity index (χ3n) is 5.81. The van der Waals surface area contributed by atoms with Crippen molar-refractivity contribution in [2.24, 2.45) is 0 Å². The molecule has 2 amide bonds. The van der Waals surface area contributed by atoms with Crippen LogP contribution in [0.3, 0.4) is 0 Å². The number of hydrogen-bond acceptors (Lipinski definition) is 7. The number of ether oxygens (including phenoxy) is 2. The Morgan fingerprint density at radius 2 is 1.84 bits per heavy atom. The number of rotatable bonds is 7. The Bertz CT molecular complexity index is 1270. The zero-order valence-electron chi connectivity index (χ0n) is 20.3. The molecule has 1 aliphatic heterocycles. The third kappa shape index (κ3) is 7.19. The number of amides is 2. The van der Waals surface area contributed by atoms with Gasteiger partial charge in [-0.25, -0.2) is 14.8 Å². The third-order valence-corrected chi connectivity index (χ3v) is 5.81. The molecule has 1 aromatic heterocycles. The molecule has 2 atom stereocenters. The molecule has 9 nitrogen and oxygen atoms in total. The lowest BCUT2D eigenvalue weighted by Crippen LogP contribution is -2.46. The molecule has 1 aliphatic rings. The molecular weight excluding hydrogens is 505 g/mol. The maximum Gasteiger partial charge on any atom is 0.573 e. The Labute approximate surface area is 216 Å². The number of hydrogen-bond donors (Lipinski definition) is 2. The molecule has 0 bridgehead atoms. The van der Waals surface area contributed by atoms with Gasteiger partial charge in [-0.3, -0.25) is 9.69 Å². The zero-order chi connectivity index (χ0) is 27.3. The number of nitrogens with zero attached hydrogens (tertiary/aromatic N) is 3. The van der Waals surface area contributed by atoms with Crippen molar-refractivity contribution in [3.8, 4) is 17.0 Å². The van der Waals surface area contributed by atoms with Gasteiger partial charge in [-0.05, 0) is 42.8 Å². The minimum Gasteiger partial charge on any atom is -0.445 e. The van der Waals surface area contributed by atoms with Gasteiger partial charge < -0.3 is 19.9 Å². The van der Waals surface area contributed by atoms with Gasteiger partial charge in [0.25, 0.3) is 0 Å². The van der Waals surface area contributed by atoms with Crippen molar-refractivity contribution in [3.05, 3.63) is 78.2 Å². The lowest BCUT2D eigenvalue weighted by atomic mass is 10.0. The lowest BCUT2D eigenvalue weighted by Gasteiger charge is -2.23. The zero-order valence-corrected chi connectivity index (χ0v) is 20.3. The number of β-amino-alcohol motifs (C(OH)–C–C–N with tert-alkyl or cyclic N) is 1. The van der Waals surface area contributed by atoms with E-state index in [1.165, 1.54) is 35.5 Å². The van der Waals surface area contributed by atoms with E-state index in [9.17, 15) is 27.9 Å². The van der Waals surface area contributed by atoms with E-state index < -0.39 is 30.0 Å². The van der Waals surface area contributed by atoms with Gasteiger partial charge in [0.1, 0.15) is 24.7 Å². The number of carbonyl (C=O) groups excluding carboxylic acids is 2. The quantitative estimate of drug-likeness (QED) is 0.478. The normalized spacial score (nSPS) is 19.2. The molecule has 3 aromatic rings. The van der Waals surface area contributed by atoms with Crippen molar-refractivity contribution in [1.29, 1.82) is 0 Å². The smallest absolute Gasteiger partial charge is 0.445 e. The SMILES string of the molecule is CC1(O)C[C@@H](C(=O)NCc2cc(-c3ccc(OC(F)(F)F)cc3)ncn2)N(C(=O)OCc2ccccc2)C1. The largest absolute Gasteiger partial charge is 0.573 e. The minimum absolute atomic E-state index is 0.00479. The monoisotopic (exact) mass is 530 g/mol. The Balaban J connectivity index is 1.38. The number of likely N-dealkylation sites (tertiary alicyclic amines) is 1. The summed E-state index contributed by atoms with van der Waals surface area (Å²) in [5, 5.41) is 13.2. The van der Waals surface area contributed by atoms with Crippen molar-refractivity contribution in [3.63, 3.8) is 0 Å². The summed E-state index contributed by atoms with van der Waals surface area (Å²) < 4.78 is 46.4. The molecule has 12 heteroatoms. The molecule has 4 rings (SSSR count). The van der Waals surface area contributed by atoms with Gasteiger partial charge >= 0.3 is 12.5 Å². The topological polar surface area (TPSA) is 114 Å². The highest BCUT2D eigenvalue weighted by molar-refractivity contribution is 5.86. The van der Waals surface area contributed by atoms with Crippen LogP contribution in [-0.4, -0.2) is 56.5 Å². The van der Waals surface area contributed by atoms with Crippen LogP contribution in [0.15, 0.2) is 67.0 Å². The van der Waals surface area contributed by atoms with Gasteiger partial charge in [0.15, 0.2) is 0 Å². The molecule has 2 N–H and O–H groups in total. The van der Waals surface area contributed by atoms with Gasteiger partial charge in [-0.15, -0.1) is 13.2 Å². The molecule has 38 heavy (non-hydrogen) atoms. The summed E-state index contributed by atoms with van der Waals surface area (Å²) >= 11 is 0. The number of carbonyl (C=O) groups is 2. The molecule has 0 radical (unpaired) electrons. The van der Waals surface area contributed by atoms with E-state index in [2.05, 4.69) is 20.0 Å². The molecule has 0 spiro atoms. The molecule has 1 fully saturated rings. The Kier molecular flexibility index (Phi) is 7.81. The highest BCUT2D eigenvalue weighted by Crippen LogP contribution is 2.28. The first-order valence-electron chi connectivity index (χ1n) is 11.6. The number of nitrogens with one attached hydrogen (secondary N) is 1. The van der Waals surface area contributed by atoms with Crippen LogP contribution in [0, 0.1) is 0 Å². The molecule has 200 valence electrons. The van der Waals surface area contributed by atoms with Gasteiger partial charge in [0, 0.05) is 12.0 Å². The standard InChI is InChI=1S/C26H25F3N4O5/c1-25(36)12-22(33(15-25)24(35)37-14-17-5-3-2-4-6-17)23(34)30-13-19-11-21(32-16-31-19)18-7-9-20(10-8-18)38-26(27,28)29/h2-11,16,22,36H,12-15H2,1H3,(H,30,34)/t22-,25?/m0/s1. The number of aromatic nitrogens is 2. The van der Waals surface area contributed by atoms with Gasteiger partial charge in [-0.1, -0.05) is 30.3 Å². The van der Waals surface area contributed by atoms with E-state index in [4.69, 9.17) is 4.74 Å². The fourth-order valence-corrected chi connectivity index (χ4v) is 4.07. The summed E-state index contributed by atoms with van der Waals surface area (Å²) in [7, 11) is 0. The molecule has 0 aliphatic carbocycles. The van der Waals surface area contributed by atoms with E-state index >= 15 is 0 Å². The minimum atomic E-state index is -4.79. The molecule has 2 aromatic carbocycles. The number of benzene rings is 2. The van der Waals surface area contributed by atoms with Gasteiger partial charge in [-0.2, -0.15) is 0 Å². The van der Waals surface area contributed by atoms with Crippen molar-refractivity contribution in [2.75, 3.05) is 6.54 Å². The Morgan fingerprint density at radius 1 is 1.13 bits per heavy atom. The Hall–Kier alpha value is -4.19. The van der Waals surface area contributed by atoms with E-state index in [0.29, 0.717) is 17.0 Å². The molecule has 1 saturated heterocycles. The van der Waals surface area contributed by atoms with Gasteiger partial charge in [0.05, 0.1) is 30.1 Å². The number of halogens is 3. The van der Waals surface area contributed by atoms with Crippen LogP contribution >= 0.6 is 0 Å². The van der Waals surface area contributed by atoms with Crippen LogP contribution in [0.5, 0.6) is 5.75 Å². The summed E-state index contributed by atoms with van der Waals surface area (Å²) in [6.45, 7) is 1.50. The van der Waals surface area contributed by atoms with E-state index in [-0.39, 0.29) is 31.9 Å². The van der Waals surface area contributed by atoms with Crippen LogP contribution in [0.1, 0.15) is 24.6 Å². The van der Waals surface area contributed by atoms with Crippen LogP contribution in [-0.2, 0) is 22.7 Å². The summed E-state index contributed by atoms with van der Waals surface area (Å²) in [5.74, 6) is -0.852. The van der Waals surface area contributed by atoms with E-state index in [0.717, 1.165) is 5.56 Å². The molecule has 0 saturated carbocycles. The maximum atomic E-state index is 13.0. The highest BCUT2D eigenvalue weighted by Gasteiger charge is 2.46. The van der Waals surface area contributed by atoms with Crippen LogP contribution in [0.2, 0.25) is 0 Å². The average Bonchev–Trinajstić information content (AvgIpc) is 3.22. The van der Waals surface area contributed by atoms with Crippen LogP contribution in [0.4, 0.5) is 18.0 Å². The fraction of sp³-hybridized carbons (Fsp3) is 0.308. The van der Waals surface area contributed by atoms with Crippen molar-refractivity contribution in [2.45, 2.75) is 44.5 Å². The highest BCUT2D eigenvalue weighted by atomic mass is 19.4. The molecule has 2 heterocycles. The van der Waals surface area contributed by atoms with Crippen molar-refractivity contribution < 1.29 is 37.3 Å². The van der Waals surface area contributed by atoms with Crippen LogP contribution in [0.25, 0.3) is 11.3 Å². The maximum absolute atomic E-state index is 13.0. The van der Waals surface area contributed by atoms with Crippen molar-refractivity contribution >= 4 is 12.0 Å². The first-order chi connectivity index (χ1) is 18.0. The summed E-state index contributed by atoms with van der Waals surface area (Å²) in [5.41, 5.74) is 0.904. The second-order valence-corrected chi connectivity index (χ2v) is 9.07.